The van der Waals surface area contributed by atoms with E-state index in [1.165, 1.54) is 24.3 Å². The number of ether oxygens (including phenoxy) is 2. The molecule has 6 heteroatoms. The first-order valence-electron chi connectivity index (χ1n) is 8.30. The Morgan fingerprint density at radius 3 is 2.19 bits per heavy atom. The molecule has 26 heavy (non-hydrogen) atoms. The number of benzene rings is 2. The Morgan fingerprint density at radius 2 is 1.58 bits per heavy atom. The lowest BCUT2D eigenvalue weighted by Gasteiger charge is -2.08. The van der Waals surface area contributed by atoms with Crippen molar-refractivity contribution in [3.8, 4) is 5.75 Å². The summed E-state index contributed by atoms with van der Waals surface area (Å²) < 4.78 is 36.4. The number of esters is 2. The molecular formula is C20H20F2O4. The monoisotopic (exact) mass is 362 g/mol. The van der Waals surface area contributed by atoms with E-state index in [1.54, 1.807) is 0 Å². The van der Waals surface area contributed by atoms with Gasteiger partial charge in [0.2, 0.25) is 0 Å². The van der Waals surface area contributed by atoms with Gasteiger partial charge in [0.25, 0.3) is 0 Å². The maximum Gasteiger partial charge on any atom is 0.343 e. The highest BCUT2D eigenvalue weighted by atomic mass is 19.1. The molecule has 0 saturated carbocycles. The Morgan fingerprint density at radius 1 is 0.962 bits per heavy atom. The van der Waals surface area contributed by atoms with Gasteiger partial charge in [-0.1, -0.05) is 19.9 Å². The summed E-state index contributed by atoms with van der Waals surface area (Å²) in [4.78, 5) is 24.2. The second-order valence-corrected chi connectivity index (χ2v) is 6.25. The summed E-state index contributed by atoms with van der Waals surface area (Å²) in [6, 6.07) is 8.25. The number of halogens is 2. The second kappa shape index (κ2) is 9.08. The standard InChI is InChI=1S/C20H20F2O4/c1-13(2)5-4-8-25-19(23)14-6-3-7-15(9-14)20(24)26-18-11-16(21)10-17(22)12-18/h3,6-7,9-13H,4-5,8H2,1-2H3. The van der Waals surface area contributed by atoms with Gasteiger partial charge in [0, 0.05) is 18.2 Å². The van der Waals surface area contributed by atoms with Crippen LogP contribution in [-0.2, 0) is 4.74 Å². The summed E-state index contributed by atoms with van der Waals surface area (Å²) >= 11 is 0. The lowest BCUT2D eigenvalue weighted by Crippen LogP contribution is -2.12. The molecule has 2 aromatic carbocycles. The summed E-state index contributed by atoms with van der Waals surface area (Å²) in [6.45, 7) is 4.47. The van der Waals surface area contributed by atoms with Gasteiger partial charge in [-0.15, -0.1) is 0 Å². The molecule has 4 nitrogen and oxygen atoms in total. The molecule has 0 heterocycles. The highest BCUT2D eigenvalue weighted by Crippen LogP contribution is 2.17. The molecule has 0 bridgehead atoms. The first kappa shape index (κ1) is 19.6. The van der Waals surface area contributed by atoms with Gasteiger partial charge >= 0.3 is 11.9 Å². The maximum atomic E-state index is 13.2. The highest BCUT2D eigenvalue weighted by molar-refractivity contribution is 5.96. The number of rotatable bonds is 7. The van der Waals surface area contributed by atoms with Crippen molar-refractivity contribution >= 4 is 11.9 Å². The fraction of sp³-hybridized carbons (Fsp3) is 0.300. The minimum absolute atomic E-state index is 0.0753. The van der Waals surface area contributed by atoms with Gasteiger partial charge in [-0.2, -0.15) is 0 Å². The fourth-order valence-corrected chi connectivity index (χ4v) is 2.27. The van der Waals surface area contributed by atoms with Crippen LogP contribution in [0.1, 0.15) is 47.4 Å². The van der Waals surface area contributed by atoms with E-state index < -0.39 is 23.6 Å². The van der Waals surface area contributed by atoms with Crippen LogP contribution < -0.4 is 4.74 Å². The van der Waals surface area contributed by atoms with E-state index in [0.717, 1.165) is 25.0 Å². The summed E-state index contributed by atoms with van der Waals surface area (Å²) in [5.74, 6) is -2.81. The Balaban J connectivity index is 2.01. The van der Waals surface area contributed by atoms with E-state index in [-0.39, 0.29) is 16.9 Å². The molecule has 0 aliphatic rings. The Bertz CT molecular complexity index is 767. The van der Waals surface area contributed by atoms with Gasteiger partial charge < -0.3 is 9.47 Å². The van der Waals surface area contributed by atoms with Crippen molar-refractivity contribution in [2.45, 2.75) is 26.7 Å². The van der Waals surface area contributed by atoms with Gasteiger partial charge in [-0.25, -0.2) is 18.4 Å². The third-order valence-electron chi connectivity index (χ3n) is 3.54. The molecule has 0 amide bonds. The molecule has 0 spiro atoms. The third-order valence-corrected chi connectivity index (χ3v) is 3.54. The largest absolute Gasteiger partial charge is 0.462 e. The zero-order valence-corrected chi connectivity index (χ0v) is 14.6. The lowest BCUT2D eigenvalue weighted by atomic mass is 10.1. The predicted molar refractivity (Wildman–Crippen MR) is 92.1 cm³/mol. The molecular weight excluding hydrogens is 342 g/mol. The van der Waals surface area contributed by atoms with Gasteiger partial charge in [0.15, 0.2) is 0 Å². The average molecular weight is 362 g/mol. The minimum Gasteiger partial charge on any atom is -0.462 e. The molecule has 0 unspecified atom stereocenters. The van der Waals surface area contributed by atoms with Crippen LogP contribution in [0.4, 0.5) is 8.78 Å². The minimum atomic E-state index is -0.855. The topological polar surface area (TPSA) is 52.6 Å². The van der Waals surface area contributed by atoms with E-state index in [9.17, 15) is 18.4 Å². The number of carbonyl (C=O) groups excluding carboxylic acids is 2. The maximum absolute atomic E-state index is 13.2. The summed E-state index contributed by atoms with van der Waals surface area (Å²) in [6.07, 6.45) is 1.71. The van der Waals surface area contributed by atoms with E-state index in [2.05, 4.69) is 13.8 Å². The van der Waals surface area contributed by atoms with Crippen LogP contribution in [0.2, 0.25) is 0 Å². The molecule has 2 rings (SSSR count). The number of hydrogen-bond acceptors (Lipinski definition) is 4. The molecule has 0 N–H and O–H groups in total. The zero-order chi connectivity index (χ0) is 19.1. The van der Waals surface area contributed by atoms with E-state index in [1.807, 2.05) is 0 Å². The molecule has 2 aromatic rings. The van der Waals surface area contributed by atoms with E-state index in [0.29, 0.717) is 18.6 Å². The van der Waals surface area contributed by atoms with Crippen LogP contribution in [0.3, 0.4) is 0 Å². The first-order chi connectivity index (χ1) is 12.3. The van der Waals surface area contributed by atoms with E-state index in [4.69, 9.17) is 9.47 Å². The van der Waals surface area contributed by atoms with Crippen molar-refractivity contribution in [3.63, 3.8) is 0 Å². The van der Waals surface area contributed by atoms with Crippen LogP contribution in [0.15, 0.2) is 42.5 Å². The van der Waals surface area contributed by atoms with Crippen molar-refractivity contribution in [1.82, 2.24) is 0 Å². The van der Waals surface area contributed by atoms with Crippen molar-refractivity contribution in [1.29, 1.82) is 0 Å². The molecule has 0 atom stereocenters. The van der Waals surface area contributed by atoms with Gasteiger partial charge in [-0.05, 0) is 37.0 Å². The highest BCUT2D eigenvalue weighted by Gasteiger charge is 2.14. The van der Waals surface area contributed by atoms with Crippen molar-refractivity contribution in [2.24, 2.45) is 5.92 Å². The average Bonchev–Trinajstić information content (AvgIpc) is 2.57. The van der Waals surface area contributed by atoms with Gasteiger partial charge in [0.05, 0.1) is 17.7 Å². The SMILES string of the molecule is CC(C)CCCOC(=O)c1cccc(C(=O)Oc2cc(F)cc(F)c2)c1. The number of hydrogen-bond donors (Lipinski definition) is 0. The zero-order valence-electron chi connectivity index (χ0n) is 14.6. The molecule has 138 valence electrons. The molecule has 0 aliphatic carbocycles. The normalized spacial score (nSPS) is 10.7. The Kier molecular flexibility index (Phi) is 6.83. The Hall–Kier alpha value is -2.76. The smallest absolute Gasteiger partial charge is 0.343 e. The van der Waals surface area contributed by atoms with Gasteiger partial charge in [-0.3, -0.25) is 0 Å². The molecule has 0 radical (unpaired) electrons. The van der Waals surface area contributed by atoms with Crippen molar-refractivity contribution in [3.05, 3.63) is 65.2 Å². The van der Waals surface area contributed by atoms with Crippen LogP contribution in [0.25, 0.3) is 0 Å². The Labute approximate surface area is 150 Å². The predicted octanol–water partition coefficient (Wildman–Crippen LogP) is 4.78. The van der Waals surface area contributed by atoms with Crippen molar-refractivity contribution in [2.75, 3.05) is 6.61 Å². The molecule has 0 saturated heterocycles. The van der Waals surface area contributed by atoms with Gasteiger partial charge in [0.1, 0.15) is 17.4 Å². The molecule has 0 aliphatic heterocycles. The second-order valence-electron chi connectivity index (χ2n) is 6.25. The van der Waals surface area contributed by atoms with Crippen molar-refractivity contribution < 1.29 is 27.8 Å². The fourth-order valence-electron chi connectivity index (χ4n) is 2.27. The number of carbonyl (C=O) groups is 2. The summed E-state index contributed by atoms with van der Waals surface area (Å²) in [5.41, 5.74) is 0.278. The lowest BCUT2D eigenvalue weighted by molar-refractivity contribution is 0.0494. The molecule has 0 aromatic heterocycles. The van der Waals surface area contributed by atoms with Crippen LogP contribution in [0.5, 0.6) is 5.75 Å². The quantitative estimate of drug-likeness (QED) is 0.404. The summed E-state index contributed by atoms with van der Waals surface area (Å²) in [5, 5.41) is 0. The molecule has 0 fully saturated rings. The van der Waals surface area contributed by atoms with Crippen LogP contribution in [0, 0.1) is 17.6 Å². The summed E-state index contributed by atoms with van der Waals surface area (Å²) in [7, 11) is 0. The van der Waals surface area contributed by atoms with E-state index >= 15 is 0 Å². The van der Waals surface area contributed by atoms with Crippen LogP contribution in [-0.4, -0.2) is 18.5 Å². The first-order valence-corrected chi connectivity index (χ1v) is 8.30. The third kappa shape index (κ3) is 5.95. The van der Waals surface area contributed by atoms with Crippen LogP contribution >= 0.6 is 0 Å².